The zero-order chi connectivity index (χ0) is 21.3. The highest BCUT2D eigenvalue weighted by Gasteiger charge is 2.49. The topological polar surface area (TPSA) is 18.5 Å². The van der Waals surface area contributed by atoms with Gasteiger partial charge in [0.2, 0.25) is 0 Å². The minimum Gasteiger partial charge on any atom is -0.315 e. The minimum atomic E-state index is -0.578. The number of alkyl halides is 1. The molecule has 4 aliphatic rings. The van der Waals surface area contributed by atoms with E-state index in [-0.39, 0.29) is 5.54 Å². The smallest absolute Gasteiger partial charge is 0.100 e. The van der Waals surface area contributed by atoms with Gasteiger partial charge in [0.15, 0.2) is 0 Å². The molecular formula is C26H48FN3. The van der Waals surface area contributed by atoms with Gasteiger partial charge in [-0.1, -0.05) is 13.8 Å². The van der Waals surface area contributed by atoms with E-state index in [0.717, 1.165) is 50.2 Å². The summed E-state index contributed by atoms with van der Waals surface area (Å²) in [4.78, 5) is 5.72. The Morgan fingerprint density at radius 2 is 1.70 bits per heavy atom. The van der Waals surface area contributed by atoms with E-state index >= 15 is 0 Å². The van der Waals surface area contributed by atoms with Gasteiger partial charge >= 0.3 is 0 Å². The third-order valence-corrected chi connectivity index (χ3v) is 8.96. The van der Waals surface area contributed by atoms with E-state index in [9.17, 15) is 4.39 Å². The first-order valence-corrected chi connectivity index (χ1v) is 13.2. The Morgan fingerprint density at radius 1 is 0.967 bits per heavy atom. The maximum Gasteiger partial charge on any atom is 0.100 e. The first kappa shape index (κ1) is 23.0. The molecule has 7 atom stereocenters. The van der Waals surface area contributed by atoms with Crippen molar-refractivity contribution in [3.05, 3.63) is 0 Å². The van der Waals surface area contributed by atoms with Crippen LogP contribution in [0, 0.1) is 17.8 Å². The van der Waals surface area contributed by atoms with Gasteiger partial charge in [-0.15, -0.1) is 0 Å². The second kappa shape index (κ2) is 9.75. The van der Waals surface area contributed by atoms with Crippen molar-refractivity contribution in [1.82, 2.24) is 15.1 Å². The summed E-state index contributed by atoms with van der Waals surface area (Å²) in [5, 5.41) is 3.58. The van der Waals surface area contributed by atoms with Crippen molar-refractivity contribution in [2.45, 2.75) is 122 Å². The molecule has 4 heteroatoms. The summed E-state index contributed by atoms with van der Waals surface area (Å²) in [5.74, 6) is 2.35. The zero-order valence-electron chi connectivity index (χ0n) is 20.2. The summed E-state index contributed by atoms with van der Waals surface area (Å²) in [6.07, 6.45) is 11.3. The van der Waals surface area contributed by atoms with Crippen LogP contribution in [-0.4, -0.2) is 65.8 Å². The van der Waals surface area contributed by atoms with Gasteiger partial charge in [0.05, 0.1) is 0 Å². The van der Waals surface area contributed by atoms with Gasteiger partial charge in [0.25, 0.3) is 0 Å². The quantitative estimate of drug-likeness (QED) is 0.540. The van der Waals surface area contributed by atoms with E-state index in [1.807, 2.05) is 0 Å². The molecule has 174 valence electrons. The lowest BCUT2D eigenvalue weighted by Gasteiger charge is -2.48. The van der Waals surface area contributed by atoms with E-state index in [0.29, 0.717) is 18.0 Å². The molecule has 30 heavy (non-hydrogen) atoms. The Morgan fingerprint density at radius 3 is 2.40 bits per heavy atom. The Bertz CT molecular complexity index is 552. The molecule has 0 spiro atoms. The van der Waals surface area contributed by atoms with Gasteiger partial charge in [-0.25, -0.2) is 4.39 Å². The summed E-state index contributed by atoms with van der Waals surface area (Å²) in [7, 11) is 0. The molecule has 1 heterocycles. The second-order valence-corrected chi connectivity index (χ2v) is 11.9. The van der Waals surface area contributed by atoms with Gasteiger partial charge in [-0.2, -0.15) is 0 Å². The van der Waals surface area contributed by atoms with Crippen LogP contribution >= 0.6 is 0 Å². The summed E-state index contributed by atoms with van der Waals surface area (Å²) >= 11 is 0. The van der Waals surface area contributed by atoms with Crippen LogP contribution in [0.15, 0.2) is 0 Å². The van der Waals surface area contributed by atoms with Crippen molar-refractivity contribution in [3.63, 3.8) is 0 Å². The lowest BCUT2D eigenvalue weighted by Crippen LogP contribution is -2.55. The van der Waals surface area contributed by atoms with Gasteiger partial charge in [-0.3, -0.25) is 9.80 Å². The van der Waals surface area contributed by atoms with Crippen molar-refractivity contribution in [2.24, 2.45) is 17.8 Å². The standard InChI is InChI=1S/C26H48FN3/c1-19-15-23(27)5-6-25(16-19)30(24-7-8-24)26(4,18-22-17-20(22)2)10-13-29-14-12-28-11-9-21(29)3/h19-25,28H,5-18H2,1-4H3/t19-,20?,21?,22?,23?,25?,26?/m0/s1. The van der Waals surface area contributed by atoms with Crippen LogP contribution < -0.4 is 5.32 Å². The molecule has 0 aromatic rings. The molecule has 3 saturated carbocycles. The molecule has 4 fully saturated rings. The molecule has 0 amide bonds. The highest BCUT2D eigenvalue weighted by molar-refractivity contribution is 5.04. The maximum absolute atomic E-state index is 14.4. The zero-order valence-corrected chi connectivity index (χ0v) is 20.2. The van der Waals surface area contributed by atoms with E-state index in [1.54, 1.807) is 0 Å². The molecule has 4 rings (SSSR count). The lowest BCUT2D eigenvalue weighted by molar-refractivity contribution is 0.00773. The predicted octanol–water partition coefficient (Wildman–Crippen LogP) is 5.25. The number of rotatable bonds is 8. The van der Waals surface area contributed by atoms with Crippen LogP contribution in [-0.2, 0) is 0 Å². The number of nitrogens with one attached hydrogen (secondary N) is 1. The normalized spacial score (nSPS) is 40.6. The van der Waals surface area contributed by atoms with E-state index < -0.39 is 6.17 Å². The number of nitrogens with zero attached hydrogens (tertiary/aromatic N) is 2. The highest BCUT2D eigenvalue weighted by Crippen LogP contribution is 2.49. The summed E-state index contributed by atoms with van der Waals surface area (Å²) in [6.45, 7) is 14.4. The van der Waals surface area contributed by atoms with Gasteiger partial charge in [0.1, 0.15) is 6.17 Å². The summed E-state index contributed by atoms with van der Waals surface area (Å²) < 4.78 is 14.4. The monoisotopic (exact) mass is 421 g/mol. The fourth-order valence-corrected chi connectivity index (χ4v) is 6.75. The van der Waals surface area contributed by atoms with E-state index in [2.05, 4.69) is 42.8 Å². The Kier molecular flexibility index (Phi) is 7.47. The molecule has 3 nitrogen and oxygen atoms in total. The molecule has 6 unspecified atom stereocenters. The van der Waals surface area contributed by atoms with Crippen LogP contribution in [0.5, 0.6) is 0 Å². The molecule has 0 aromatic heterocycles. The highest BCUT2D eigenvalue weighted by atomic mass is 19.1. The van der Waals surface area contributed by atoms with Crippen molar-refractivity contribution in [1.29, 1.82) is 0 Å². The first-order valence-electron chi connectivity index (χ1n) is 13.2. The minimum absolute atomic E-state index is 0.274. The van der Waals surface area contributed by atoms with Crippen molar-refractivity contribution < 1.29 is 4.39 Å². The average molecular weight is 422 g/mol. The van der Waals surface area contributed by atoms with Crippen LogP contribution in [0.25, 0.3) is 0 Å². The van der Waals surface area contributed by atoms with E-state index in [1.165, 1.54) is 58.0 Å². The second-order valence-electron chi connectivity index (χ2n) is 11.9. The van der Waals surface area contributed by atoms with Crippen molar-refractivity contribution >= 4 is 0 Å². The summed E-state index contributed by atoms with van der Waals surface area (Å²) in [6, 6.07) is 2.04. The molecular weight excluding hydrogens is 373 g/mol. The number of hydrogen-bond donors (Lipinski definition) is 1. The molecule has 1 N–H and O–H groups in total. The van der Waals surface area contributed by atoms with Crippen LogP contribution in [0.3, 0.4) is 0 Å². The Labute approximate surface area is 185 Å². The third-order valence-electron chi connectivity index (χ3n) is 8.96. The van der Waals surface area contributed by atoms with Gasteiger partial charge in [-0.05, 0) is 102 Å². The predicted molar refractivity (Wildman–Crippen MR) is 125 cm³/mol. The Balaban J connectivity index is 1.50. The third kappa shape index (κ3) is 5.78. The first-order chi connectivity index (χ1) is 14.4. The van der Waals surface area contributed by atoms with Crippen molar-refractivity contribution in [3.8, 4) is 0 Å². The molecule has 0 aromatic carbocycles. The molecule has 1 aliphatic heterocycles. The lowest BCUT2D eigenvalue weighted by atomic mass is 9.84. The van der Waals surface area contributed by atoms with Crippen LogP contribution in [0.2, 0.25) is 0 Å². The number of hydrogen-bond acceptors (Lipinski definition) is 3. The summed E-state index contributed by atoms with van der Waals surface area (Å²) in [5.41, 5.74) is 0.274. The number of halogens is 1. The maximum atomic E-state index is 14.4. The van der Waals surface area contributed by atoms with Crippen LogP contribution in [0.1, 0.15) is 91.9 Å². The Hall–Kier alpha value is -0.190. The largest absolute Gasteiger partial charge is 0.315 e. The molecule has 0 radical (unpaired) electrons. The van der Waals surface area contributed by atoms with Gasteiger partial charge < -0.3 is 5.32 Å². The van der Waals surface area contributed by atoms with Crippen LogP contribution in [0.4, 0.5) is 4.39 Å². The van der Waals surface area contributed by atoms with Crippen molar-refractivity contribution in [2.75, 3.05) is 26.2 Å². The fourth-order valence-electron chi connectivity index (χ4n) is 6.75. The van der Waals surface area contributed by atoms with Gasteiger partial charge in [0, 0.05) is 43.3 Å². The SMILES string of the molecule is CC1CC1CC(C)(CCN1CCNCCC1C)N(C1CC1)C1CCC(F)C[C@H](C)C1. The molecule has 1 saturated heterocycles. The molecule has 3 aliphatic carbocycles. The average Bonchev–Trinajstić information content (AvgIpc) is 3.59. The fraction of sp³-hybridized carbons (Fsp3) is 1.00. The van der Waals surface area contributed by atoms with E-state index in [4.69, 9.17) is 0 Å². The molecule has 0 bridgehead atoms.